The first-order valence-corrected chi connectivity index (χ1v) is 5.78. The first-order chi connectivity index (χ1) is 5.79. The molecule has 1 heterocycles. The molecule has 0 aliphatic carbocycles. The van der Waals surface area contributed by atoms with E-state index in [1.807, 2.05) is 11.3 Å². The lowest BCUT2D eigenvalue weighted by Crippen LogP contribution is -1.67. The molecular weight excluding hydrogens is 232 g/mol. The molecule has 0 saturated carbocycles. The van der Waals surface area contributed by atoms with E-state index >= 15 is 0 Å². The van der Waals surface area contributed by atoms with Gasteiger partial charge in [0.15, 0.2) is 0 Å². The Labute approximate surface area is 84.4 Å². The van der Waals surface area contributed by atoms with Crippen LogP contribution in [-0.4, -0.2) is 0 Å². The zero-order chi connectivity index (χ0) is 8.55. The zero-order valence-electron chi connectivity index (χ0n) is 6.80. The van der Waals surface area contributed by atoms with Crippen molar-refractivity contribution in [3.8, 4) is 0 Å². The van der Waals surface area contributed by atoms with Gasteiger partial charge in [0.05, 0.1) is 0 Å². The largest absolute Gasteiger partial charge is 0.139 e. The van der Waals surface area contributed by atoms with Gasteiger partial charge in [0.1, 0.15) is 0 Å². The number of hydrogen-bond donors (Lipinski definition) is 0. The van der Waals surface area contributed by atoms with E-state index in [4.69, 9.17) is 0 Å². The van der Waals surface area contributed by atoms with Crippen LogP contribution in [-0.2, 0) is 5.33 Å². The highest BCUT2D eigenvalue weighted by Crippen LogP contribution is 2.27. The van der Waals surface area contributed by atoms with Gasteiger partial charge >= 0.3 is 0 Å². The molecule has 0 N–H and O–H groups in total. The van der Waals surface area contributed by atoms with E-state index in [9.17, 15) is 0 Å². The summed E-state index contributed by atoms with van der Waals surface area (Å²) in [5.41, 5.74) is 1.33. The quantitative estimate of drug-likeness (QED) is 0.659. The molecule has 2 aromatic rings. The van der Waals surface area contributed by atoms with Crippen LogP contribution in [0.25, 0.3) is 10.1 Å². The van der Waals surface area contributed by atoms with Crippen LogP contribution in [0.3, 0.4) is 0 Å². The maximum absolute atomic E-state index is 3.46. The van der Waals surface area contributed by atoms with Gasteiger partial charge in [-0.2, -0.15) is 0 Å². The topological polar surface area (TPSA) is 0 Å². The van der Waals surface area contributed by atoms with Gasteiger partial charge in [-0.05, 0) is 24.4 Å². The predicted octanol–water partition coefficient (Wildman–Crippen LogP) is 4.10. The number of benzene rings is 1. The van der Waals surface area contributed by atoms with Crippen LogP contribution < -0.4 is 0 Å². The second-order valence-electron chi connectivity index (χ2n) is 2.89. The third-order valence-electron chi connectivity index (χ3n) is 1.85. The van der Waals surface area contributed by atoms with Gasteiger partial charge in [0.25, 0.3) is 0 Å². The molecule has 0 spiro atoms. The summed E-state index contributed by atoms with van der Waals surface area (Å²) in [5.74, 6) is 0. The normalized spacial score (nSPS) is 10.8. The molecule has 0 amide bonds. The van der Waals surface area contributed by atoms with Crippen molar-refractivity contribution in [1.82, 2.24) is 0 Å². The van der Waals surface area contributed by atoms with Crippen LogP contribution in [0, 0.1) is 6.92 Å². The Morgan fingerprint density at radius 1 is 1.33 bits per heavy atom. The number of rotatable bonds is 1. The minimum atomic E-state index is 0.964. The van der Waals surface area contributed by atoms with Gasteiger partial charge in [0.2, 0.25) is 0 Å². The molecule has 0 fully saturated rings. The second-order valence-corrected chi connectivity index (χ2v) is 4.62. The lowest BCUT2D eigenvalue weighted by Gasteiger charge is -1.89. The van der Waals surface area contributed by atoms with Crippen molar-refractivity contribution in [2.45, 2.75) is 12.3 Å². The molecule has 1 aromatic carbocycles. The van der Waals surface area contributed by atoms with Crippen molar-refractivity contribution >= 4 is 37.4 Å². The summed E-state index contributed by atoms with van der Waals surface area (Å²) in [5, 5.41) is 2.33. The lowest BCUT2D eigenvalue weighted by atomic mass is 10.2. The number of aryl methyl sites for hydroxylation is 1. The average molecular weight is 241 g/mol. The summed E-state index contributed by atoms with van der Waals surface area (Å²) in [6.07, 6.45) is 0. The zero-order valence-corrected chi connectivity index (χ0v) is 9.21. The number of hydrogen-bond acceptors (Lipinski definition) is 1. The van der Waals surface area contributed by atoms with Gasteiger partial charge in [-0.3, -0.25) is 0 Å². The molecule has 0 nitrogen and oxygen atoms in total. The molecule has 0 unspecified atom stereocenters. The fourth-order valence-electron chi connectivity index (χ4n) is 1.28. The minimum Gasteiger partial charge on any atom is -0.139 e. The van der Waals surface area contributed by atoms with Crippen LogP contribution in [0.2, 0.25) is 0 Å². The Bertz CT molecular complexity index is 403. The first-order valence-electron chi connectivity index (χ1n) is 3.84. The highest BCUT2D eigenvalue weighted by Gasteiger charge is 1.99. The van der Waals surface area contributed by atoms with Gasteiger partial charge < -0.3 is 0 Å². The van der Waals surface area contributed by atoms with Crippen LogP contribution in [0.5, 0.6) is 0 Å². The van der Waals surface area contributed by atoms with Gasteiger partial charge in [-0.25, -0.2) is 0 Å². The average Bonchev–Trinajstić information content (AvgIpc) is 2.46. The van der Waals surface area contributed by atoms with Gasteiger partial charge in [-0.1, -0.05) is 33.6 Å². The van der Waals surface area contributed by atoms with Crippen molar-refractivity contribution < 1.29 is 0 Å². The molecule has 0 radical (unpaired) electrons. The van der Waals surface area contributed by atoms with Gasteiger partial charge in [0, 0.05) is 14.9 Å². The molecule has 2 heteroatoms. The first kappa shape index (κ1) is 8.27. The summed E-state index contributed by atoms with van der Waals surface area (Å²) in [6.45, 7) is 2.13. The SMILES string of the molecule is Cc1ccc2sc(CBr)cc2c1. The third kappa shape index (κ3) is 1.41. The summed E-state index contributed by atoms with van der Waals surface area (Å²) >= 11 is 5.32. The summed E-state index contributed by atoms with van der Waals surface area (Å²) in [6, 6.07) is 8.85. The number of fused-ring (bicyclic) bond motifs is 1. The molecule has 0 bridgehead atoms. The van der Waals surface area contributed by atoms with E-state index in [0.29, 0.717) is 0 Å². The maximum Gasteiger partial charge on any atom is 0.0377 e. The van der Waals surface area contributed by atoms with Crippen molar-refractivity contribution in [3.63, 3.8) is 0 Å². The highest BCUT2D eigenvalue weighted by molar-refractivity contribution is 9.08. The van der Waals surface area contributed by atoms with E-state index < -0.39 is 0 Å². The van der Waals surface area contributed by atoms with Crippen molar-refractivity contribution in [1.29, 1.82) is 0 Å². The summed E-state index contributed by atoms with van der Waals surface area (Å²) in [4.78, 5) is 1.40. The van der Waals surface area contributed by atoms with Crippen LogP contribution in [0.4, 0.5) is 0 Å². The van der Waals surface area contributed by atoms with Crippen molar-refractivity contribution in [3.05, 3.63) is 34.7 Å². The molecule has 62 valence electrons. The van der Waals surface area contributed by atoms with Crippen LogP contribution in [0.1, 0.15) is 10.4 Å². The highest BCUT2D eigenvalue weighted by atomic mass is 79.9. The lowest BCUT2D eigenvalue weighted by molar-refractivity contribution is 1.51. The van der Waals surface area contributed by atoms with Crippen LogP contribution in [0.15, 0.2) is 24.3 Å². The fourth-order valence-corrected chi connectivity index (χ4v) is 2.68. The molecule has 2 rings (SSSR count). The van der Waals surface area contributed by atoms with Crippen molar-refractivity contribution in [2.75, 3.05) is 0 Å². The molecule has 0 atom stereocenters. The Morgan fingerprint density at radius 2 is 2.17 bits per heavy atom. The molecule has 0 aliphatic heterocycles. The van der Waals surface area contributed by atoms with E-state index in [2.05, 4.69) is 47.1 Å². The van der Waals surface area contributed by atoms with E-state index in [1.165, 1.54) is 20.5 Å². The molecular formula is C10H9BrS. The Kier molecular flexibility index (Phi) is 2.20. The molecule has 1 aromatic heterocycles. The standard InChI is InChI=1S/C10H9BrS/c1-7-2-3-10-8(4-7)5-9(6-11)12-10/h2-5H,6H2,1H3. The maximum atomic E-state index is 3.46. The van der Waals surface area contributed by atoms with E-state index in [-0.39, 0.29) is 0 Å². The van der Waals surface area contributed by atoms with E-state index in [0.717, 1.165) is 5.33 Å². The summed E-state index contributed by atoms with van der Waals surface area (Å²) < 4.78 is 1.38. The van der Waals surface area contributed by atoms with Crippen LogP contribution >= 0.6 is 27.3 Å². The fraction of sp³-hybridized carbons (Fsp3) is 0.200. The monoisotopic (exact) mass is 240 g/mol. The van der Waals surface area contributed by atoms with E-state index in [1.54, 1.807) is 0 Å². The Hall–Kier alpha value is -0.340. The smallest absolute Gasteiger partial charge is 0.0377 e. The van der Waals surface area contributed by atoms with Gasteiger partial charge in [-0.15, -0.1) is 11.3 Å². The summed E-state index contributed by atoms with van der Waals surface area (Å²) in [7, 11) is 0. The predicted molar refractivity (Wildman–Crippen MR) is 59.2 cm³/mol. The molecule has 12 heavy (non-hydrogen) atoms. The minimum absolute atomic E-state index is 0.964. The Balaban J connectivity index is 2.67. The number of alkyl halides is 1. The molecule has 0 saturated heterocycles. The number of thiophene rings is 1. The Morgan fingerprint density at radius 3 is 2.92 bits per heavy atom. The second kappa shape index (κ2) is 3.19. The third-order valence-corrected chi connectivity index (χ3v) is 3.95. The molecule has 0 aliphatic rings. The van der Waals surface area contributed by atoms with Crippen molar-refractivity contribution in [2.24, 2.45) is 0 Å². The number of halogens is 1.